The van der Waals surface area contributed by atoms with Crippen LogP contribution in [-0.2, 0) is 19.6 Å². The zero-order valence-electron chi connectivity index (χ0n) is 12.0. The van der Waals surface area contributed by atoms with Gasteiger partial charge in [0.15, 0.2) is 0 Å². The van der Waals surface area contributed by atoms with E-state index in [2.05, 4.69) is 5.32 Å². The van der Waals surface area contributed by atoms with Crippen LogP contribution in [0.15, 0.2) is 0 Å². The van der Waals surface area contributed by atoms with E-state index in [0.29, 0.717) is 6.61 Å². The molecule has 0 bridgehead atoms. The first-order valence-electron chi connectivity index (χ1n) is 8.04. The molecule has 3 heterocycles. The number of piperidine rings is 1. The maximum atomic E-state index is 5.77. The van der Waals surface area contributed by atoms with Crippen LogP contribution in [-0.4, -0.2) is 37.0 Å². The van der Waals surface area contributed by atoms with Gasteiger partial charge in [0.05, 0.1) is 12.5 Å². The van der Waals surface area contributed by atoms with Crippen LogP contribution >= 0.6 is 0 Å². The summed E-state index contributed by atoms with van der Waals surface area (Å²) >= 11 is 0. The minimum absolute atomic E-state index is 0.0497. The SMILES string of the molecule is C1CCC2(CC1)OOC[C]2C1CC2(CCNCC2)OO1. The molecule has 0 aromatic heterocycles. The molecule has 4 rings (SSSR count). The highest BCUT2D eigenvalue weighted by molar-refractivity contribution is 5.19. The molecule has 20 heavy (non-hydrogen) atoms. The van der Waals surface area contributed by atoms with Crippen molar-refractivity contribution >= 4 is 0 Å². The fourth-order valence-corrected chi connectivity index (χ4v) is 4.22. The van der Waals surface area contributed by atoms with Crippen molar-refractivity contribution in [3.63, 3.8) is 0 Å². The molecular weight excluding hydrogens is 258 g/mol. The smallest absolute Gasteiger partial charge is 0.115 e. The van der Waals surface area contributed by atoms with Crippen LogP contribution in [0.5, 0.6) is 0 Å². The number of hydrogen-bond donors (Lipinski definition) is 1. The Labute approximate surface area is 120 Å². The molecule has 0 aromatic rings. The summed E-state index contributed by atoms with van der Waals surface area (Å²) in [6.45, 7) is 2.61. The molecule has 4 fully saturated rings. The van der Waals surface area contributed by atoms with Gasteiger partial charge in [0.1, 0.15) is 17.3 Å². The second kappa shape index (κ2) is 5.21. The average Bonchev–Trinajstić information content (AvgIpc) is 3.06. The standard InChI is InChI=1S/C15H24NO4/c1-2-4-15(5-3-1)12(11-17-20-15)13-10-14(19-18-13)6-8-16-9-7-14/h13,16H,1-11H2. The quantitative estimate of drug-likeness (QED) is 0.746. The average molecular weight is 282 g/mol. The molecule has 4 aliphatic rings. The highest BCUT2D eigenvalue weighted by atomic mass is 17.2. The first-order chi connectivity index (χ1) is 9.82. The van der Waals surface area contributed by atoms with Gasteiger partial charge in [0.25, 0.3) is 0 Å². The van der Waals surface area contributed by atoms with Gasteiger partial charge in [-0.3, -0.25) is 0 Å². The summed E-state index contributed by atoms with van der Waals surface area (Å²) in [6, 6.07) is 0. The molecule has 1 N–H and O–H groups in total. The maximum absolute atomic E-state index is 5.77. The summed E-state index contributed by atoms with van der Waals surface area (Å²) in [5, 5.41) is 3.39. The van der Waals surface area contributed by atoms with Gasteiger partial charge < -0.3 is 5.32 Å². The van der Waals surface area contributed by atoms with Crippen LogP contribution in [0.4, 0.5) is 0 Å². The Bertz CT molecular complexity index is 350. The van der Waals surface area contributed by atoms with Crippen molar-refractivity contribution in [2.75, 3.05) is 19.7 Å². The van der Waals surface area contributed by atoms with Crippen molar-refractivity contribution in [2.45, 2.75) is 68.7 Å². The Kier molecular flexibility index (Phi) is 3.51. The largest absolute Gasteiger partial charge is 0.317 e. The second-order valence-electron chi connectivity index (χ2n) is 6.73. The van der Waals surface area contributed by atoms with Crippen LogP contribution < -0.4 is 5.32 Å². The number of rotatable bonds is 1. The van der Waals surface area contributed by atoms with Gasteiger partial charge in [0, 0.05) is 6.42 Å². The third kappa shape index (κ3) is 2.20. The number of nitrogens with one attached hydrogen (secondary N) is 1. The Morgan fingerprint density at radius 1 is 0.950 bits per heavy atom. The van der Waals surface area contributed by atoms with Crippen molar-refractivity contribution in [1.82, 2.24) is 5.32 Å². The topological polar surface area (TPSA) is 49.0 Å². The van der Waals surface area contributed by atoms with Gasteiger partial charge >= 0.3 is 0 Å². The van der Waals surface area contributed by atoms with Gasteiger partial charge in [-0.15, -0.1) is 0 Å². The molecule has 1 saturated carbocycles. The third-order valence-electron chi connectivity index (χ3n) is 5.48. The molecule has 1 atom stereocenters. The monoisotopic (exact) mass is 282 g/mol. The van der Waals surface area contributed by atoms with E-state index in [1.54, 1.807) is 0 Å². The Hall–Kier alpha value is -0.200. The van der Waals surface area contributed by atoms with Crippen LogP contribution in [0.1, 0.15) is 51.4 Å². The maximum Gasteiger partial charge on any atom is 0.115 e. The van der Waals surface area contributed by atoms with Gasteiger partial charge in [-0.25, -0.2) is 19.6 Å². The van der Waals surface area contributed by atoms with Crippen LogP contribution in [0.3, 0.4) is 0 Å². The highest BCUT2D eigenvalue weighted by Crippen LogP contribution is 2.49. The highest BCUT2D eigenvalue weighted by Gasteiger charge is 2.56. The van der Waals surface area contributed by atoms with E-state index < -0.39 is 0 Å². The van der Waals surface area contributed by atoms with E-state index in [-0.39, 0.29) is 17.3 Å². The van der Waals surface area contributed by atoms with Crippen molar-refractivity contribution in [1.29, 1.82) is 0 Å². The van der Waals surface area contributed by atoms with Crippen molar-refractivity contribution < 1.29 is 19.6 Å². The second-order valence-corrected chi connectivity index (χ2v) is 6.73. The summed E-state index contributed by atoms with van der Waals surface area (Å²) in [4.78, 5) is 22.6. The lowest BCUT2D eigenvalue weighted by molar-refractivity contribution is -0.332. The molecule has 113 valence electrons. The van der Waals surface area contributed by atoms with E-state index in [4.69, 9.17) is 19.6 Å². The van der Waals surface area contributed by atoms with Crippen LogP contribution in [0.2, 0.25) is 0 Å². The van der Waals surface area contributed by atoms with Gasteiger partial charge in [0.2, 0.25) is 0 Å². The summed E-state index contributed by atoms with van der Waals surface area (Å²) < 4.78 is 0. The summed E-state index contributed by atoms with van der Waals surface area (Å²) in [5.41, 5.74) is -0.272. The van der Waals surface area contributed by atoms with E-state index in [9.17, 15) is 0 Å². The lowest BCUT2D eigenvalue weighted by Crippen LogP contribution is -2.44. The molecule has 3 aliphatic heterocycles. The minimum atomic E-state index is -0.190. The normalized spacial score (nSPS) is 36.9. The molecule has 1 aliphatic carbocycles. The number of hydrogen-bond acceptors (Lipinski definition) is 5. The lowest BCUT2D eigenvalue weighted by Gasteiger charge is -2.36. The van der Waals surface area contributed by atoms with E-state index >= 15 is 0 Å². The van der Waals surface area contributed by atoms with Crippen molar-refractivity contribution in [3.05, 3.63) is 5.92 Å². The molecule has 2 spiro atoms. The molecular formula is C15H24NO4. The van der Waals surface area contributed by atoms with E-state index in [0.717, 1.165) is 45.2 Å². The fraction of sp³-hybridized carbons (Fsp3) is 0.933. The minimum Gasteiger partial charge on any atom is -0.317 e. The molecule has 5 heteroatoms. The van der Waals surface area contributed by atoms with E-state index in [1.807, 2.05) is 0 Å². The van der Waals surface area contributed by atoms with Crippen molar-refractivity contribution in [2.24, 2.45) is 0 Å². The lowest BCUT2D eigenvalue weighted by atomic mass is 9.72. The molecule has 1 radical (unpaired) electrons. The first-order valence-corrected chi connectivity index (χ1v) is 8.04. The summed E-state index contributed by atoms with van der Waals surface area (Å²) in [5.74, 6) is 1.28. The molecule has 0 amide bonds. The zero-order valence-corrected chi connectivity index (χ0v) is 12.0. The molecule has 3 saturated heterocycles. The van der Waals surface area contributed by atoms with Gasteiger partial charge in [-0.1, -0.05) is 19.3 Å². The molecule has 0 aromatic carbocycles. The van der Waals surface area contributed by atoms with Gasteiger partial charge in [-0.2, -0.15) is 0 Å². The Balaban J connectivity index is 1.47. The predicted octanol–water partition coefficient (Wildman–Crippen LogP) is 2.07. The van der Waals surface area contributed by atoms with Crippen molar-refractivity contribution in [3.8, 4) is 0 Å². The van der Waals surface area contributed by atoms with E-state index in [1.165, 1.54) is 25.2 Å². The molecule has 1 unspecified atom stereocenters. The third-order valence-corrected chi connectivity index (χ3v) is 5.48. The van der Waals surface area contributed by atoms with Gasteiger partial charge in [-0.05, 0) is 38.8 Å². The summed E-state index contributed by atoms with van der Waals surface area (Å²) in [6.07, 6.45) is 8.94. The predicted molar refractivity (Wildman–Crippen MR) is 71.5 cm³/mol. The Morgan fingerprint density at radius 3 is 2.55 bits per heavy atom. The zero-order chi connectivity index (χ0) is 13.5. The first kappa shape index (κ1) is 13.5. The summed E-state index contributed by atoms with van der Waals surface area (Å²) in [7, 11) is 0. The fourth-order valence-electron chi connectivity index (χ4n) is 4.22. The Morgan fingerprint density at radius 2 is 1.75 bits per heavy atom. The van der Waals surface area contributed by atoms with Crippen LogP contribution in [0.25, 0.3) is 0 Å². The molecule has 5 nitrogen and oxygen atoms in total. The van der Waals surface area contributed by atoms with Crippen LogP contribution in [0, 0.1) is 5.92 Å².